The summed E-state index contributed by atoms with van der Waals surface area (Å²) in [6, 6.07) is 48.6. The molecule has 0 amide bonds. The van der Waals surface area contributed by atoms with Crippen LogP contribution in [0.2, 0.25) is 0 Å². The van der Waals surface area contributed by atoms with Crippen LogP contribution in [-0.4, -0.2) is 0 Å². The first-order valence-electron chi connectivity index (χ1n) is 17.6. The third-order valence-corrected chi connectivity index (χ3v) is 11.8. The zero-order valence-electron chi connectivity index (χ0n) is 28.5. The SMILES string of the molecule is CC1(C)c2cc3c(cc2-c2oc4ccc(-c5cccc6ccccc56)cc4c21)C(C)(C)c1c-3oc2ccc(-c3cccc4ccccc34)cc12. The third kappa shape index (κ3) is 3.53. The van der Waals surface area contributed by atoms with Crippen molar-refractivity contribution in [3.8, 4) is 44.9 Å². The predicted octanol–water partition coefficient (Wildman–Crippen LogP) is 13.4. The first kappa shape index (κ1) is 28.0. The lowest BCUT2D eigenvalue weighted by Crippen LogP contribution is -2.17. The quantitative estimate of drug-likeness (QED) is 0.188. The maximum absolute atomic E-state index is 6.78. The normalized spacial score (nSPS) is 15.1. The van der Waals surface area contributed by atoms with Crippen molar-refractivity contribution in [3.05, 3.63) is 156 Å². The Bertz CT molecular complexity index is 2710. The van der Waals surface area contributed by atoms with Gasteiger partial charge < -0.3 is 8.83 Å². The van der Waals surface area contributed by atoms with E-state index in [9.17, 15) is 0 Å². The Labute approximate surface area is 290 Å². The van der Waals surface area contributed by atoms with Crippen LogP contribution >= 0.6 is 0 Å². The van der Waals surface area contributed by atoms with Crippen LogP contribution < -0.4 is 0 Å². The largest absolute Gasteiger partial charge is 0.456 e. The van der Waals surface area contributed by atoms with E-state index in [1.807, 2.05) is 0 Å². The molecule has 0 saturated heterocycles. The van der Waals surface area contributed by atoms with Crippen molar-refractivity contribution in [1.82, 2.24) is 0 Å². The molecular formula is C48H34O2. The van der Waals surface area contributed by atoms with Gasteiger partial charge in [-0.3, -0.25) is 0 Å². The summed E-state index contributed by atoms with van der Waals surface area (Å²) in [5.41, 5.74) is 13.8. The minimum atomic E-state index is -0.247. The molecule has 2 heteroatoms. The number of rotatable bonds is 2. The Hall–Kier alpha value is -5.86. The average molecular weight is 643 g/mol. The van der Waals surface area contributed by atoms with Crippen molar-refractivity contribution in [3.63, 3.8) is 0 Å². The van der Waals surface area contributed by atoms with E-state index in [1.54, 1.807) is 0 Å². The first-order valence-corrected chi connectivity index (χ1v) is 17.6. The number of furan rings is 2. The molecule has 238 valence electrons. The lowest BCUT2D eigenvalue weighted by Gasteiger charge is -2.24. The minimum absolute atomic E-state index is 0.247. The van der Waals surface area contributed by atoms with E-state index in [-0.39, 0.29) is 10.8 Å². The van der Waals surface area contributed by atoms with E-state index >= 15 is 0 Å². The van der Waals surface area contributed by atoms with Crippen molar-refractivity contribution in [1.29, 1.82) is 0 Å². The van der Waals surface area contributed by atoms with Crippen molar-refractivity contribution in [2.75, 3.05) is 0 Å². The first-order chi connectivity index (χ1) is 24.3. The summed E-state index contributed by atoms with van der Waals surface area (Å²) in [6.45, 7) is 9.39. The van der Waals surface area contributed by atoms with Crippen LogP contribution in [0, 0.1) is 0 Å². The van der Waals surface area contributed by atoms with Gasteiger partial charge in [-0.05, 0) is 91.3 Å². The van der Waals surface area contributed by atoms with Crippen LogP contribution in [0.3, 0.4) is 0 Å². The highest BCUT2D eigenvalue weighted by atomic mass is 16.3. The zero-order chi connectivity index (χ0) is 33.5. The highest BCUT2D eigenvalue weighted by molar-refractivity contribution is 6.04. The van der Waals surface area contributed by atoms with Crippen LogP contribution in [0.25, 0.3) is 88.4 Å². The Morgan fingerprint density at radius 2 is 0.800 bits per heavy atom. The number of hydrogen-bond acceptors (Lipinski definition) is 2. The fourth-order valence-electron chi connectivity index (χ4n) is 9.38. The van der Waals surface area contributed by atoms with Gasteiger partial charge >= 0.3 is 0 Å². The molecule has 2 aliphatic rings. The van der Waals surface area contributed by atoms with Crippen molar-refractivity contribution < 1.29 is 8.83 Å². The highest BCUT2D eigenvalue weighted by Crippen LogP contribution is 2.60. The molecule has 0 N–H and O–H groups in total. The van der Waals surface area contributed by atoms with Gasteiger partial charge in [0.05, 0.1) is 0 Å². The van der Waals surface area contributed by atoms with E-state index in [0.29, 0.717) is 0 Å². The van der Waals surface area contributed by atoms with Crippen LogP contribution in [0.4, 0.5) is 0 Å². The van der Waals surface area contributed by atoms with E-state index < -0.39 is 0 Å². The Balaban J connectivity index is 1.07. The average Bonchev–Trinajstić information content (AvgIpc) is 3.83. The lowest BCUT2D eigenvalue weighted by atomic mass is 9.78. The molecule has 0 unspecified atom stereocenters. The number of benzene rings is 7. The van der Waals surface area contributed by atoms with Gasteiger partial charge in [-0.25, -0.2) is 0 Å². The summed E-state index contributed by atoms with van der Waals surface area (Å²) < 4.78 is 13.6. The molecule has 7 aromatic carbocycles. The Morgan fingerprint density at radius 1 is 0.380 bits per heavy atom. The van der Waals surface area contributed by atoms with Crippen LogP contribution in [0.5, 0.6) is 0 Å². The summed E-state index contributed by atoms with van der Waals surface area (Å²) >= 11 is 0. The maximum Gasteiger partial charge on any atom is 0.139 e. The molecule has 0 fully saturated rings. The van der Waals surface area contributed by atoms with Crippen LogP contribution in [0.15, 0.2) is 142 Å². The van der Waals surface area contributed by atoms with Gasteiger partial charge in [0.1, 0.15) is 22.7 Å². The maximum atomic E-state index is 6.78. The van der Waals surface area contributed by atoms with Gasteiger partial charge in [0.2, 0.25) is 0 Å². The fraction of sp³-hybridized carbons (Fsp3) is 0.125. The molecule has 0 spiro atoms. The fourth-order valence-corrected chi connectivity index (χ4v) is 9.38. The summed E-state index contributed by atoms with van der Waals surface area (Å²) in [6.07, 6.45) is 0. The van der Waals surface area contributed by atoms with Gasteiger partial charge in [-0.15, -0.1) is 0 Å². The van der Waals surface area contributed by atoms with E-state index in [2.05, 4.69) is 161 Å². The molecule has 50 heavy (non-hydrogen) atoms. The molecule has 0 atom stereocenters. The second-order valence-electron chi connectivity index (χ2n) is 15.3. The van der Waals surface area contributed by atoms with Gasteiger partial charge in [0, 0.05) is 43.9 Å². The topological polar surface area (TPSA) is 26.3 Å². The van der Waals surface area contributed by atoms with Gasteiger partial charge in [0.15, 0.2) is 0 Å². The molecule has 0 radical (unpaired) electrons. The summed E-state index contributed by atoms with van der Waals surface area (Å²) in [4.78, 5) is 0. The second-order valence-corrected chi connectivity index (χ2v) is 15.3. The third-order valence-electron chi connectivity index (χ3n) is 11.8. The molecular weight excluding hydrogens is 609 g/mol. The smallest absolute Gasteiger partial charge is 0.139 e. The molecule has 2 aliphatic carbocycles. The summed E-state index contributed by atoms with van der Waals surface area (Å²) in [5, 5.41) is 7.42. The van der Waals surface area contributed by atoms with Gasteiger partial charge in [0.25, 0.3) is 0 Å². The molecule has 0 saturated carbocycles. The summed E-state index contributed by atoms with van der Waals surface area (Å²) in [7, 11) is 0. The molecule has 2 aromatic heterocycles. The minimum Gasteiger partial charge on any atom is -0.456 e. The Kier molecular flexibility index (Phi) is 5.28. The second kappa shape index (κ2) is 9.43. The lowest BCUT2D eigenvalue weighted by molar-refractivity contribution is 0.617. The van der Waals surface area contributed by atoms with Gasteiger partial charge in [-0.1, -0.05) is 125 Å². The molecule has 2 nitrogen and oxygen atoms in total. The van der Waals surface area contributed by atoms with Crippen LogP contribution in [0.1, 0.15) is 49.9 Å². The monoisotopic (exact) mass is 642 g/mol. The highest BCUT2D eigenvalue weighted by Gasteiger charge is 2.46. The molecule has 0 bridgehead atoms. The van der Waals surface area contributed by atoms with E-state index in [4.69, 9.17) is 8.83 Å². The molecule has 2 heterocycles. The standard InChI is InChI=1S/C48H34O2/c1-47(2)39-25-36-40(26-35(39)45-43(47)37-23-29(19-21-41(37)49-45)33-17-9-13-27-11-5-7-15-31(27)33)48(3,4)44-38-24-30(20-22-42(38)50-46(36)44)34-18-10-14-28-12-6-8-16-32(28)34/h5-26H,1-4H3. The van der Waals surface area contributed by atoms with Crippen molar-refractivity contribution in [2.24, 2.45) is 0 Å². The predicted molar refractivity (Wildman–Crippen MR) is 207 cm³/mol. The summed E-state index contributed by atoms with van der Waals surface area (Å²) in [5.74, 6) is 2.00. The molecule has 0 aliphatic heterocycles. The molecule has 9 aromatic rings. The number of fused-ring (bicyclic) bond motifs is 12. The van der Waals surface area contributed by atoms with E-state index in [1.165, 1.54) is 88.0 Å². The molecule has 11 rings (SSSR count). The van der Waals surface area contributed by atoms with Gasteiger partial charge in [-0.2, -0.15) is 0 Å². The van der Waals surface area contributed by atoms with Crippen molar-refractivity contribution >= 4 is 43.5 Å². The number of hydrogen-bond donors (Lipinski definition) is 0. The van der Waals surface area contributed by atoms with Crippen molar-refractivity contribution in [2.45, 2.75) is 38.5 Å². The van der Waals surface area contributed by atoms with Crippen LogP contribution in [-0.2, 0) is 10.8 Å². The Morgan fingerprint density at radius 3 is 1.26 bits per heavy atom. The zero-order valence-corrected chi connectivity index (χ0v) is 28.5. The van der Waals surface area contributed by atoms with E-state index in [0.717, 1.165) is 22.7 Å².